The highest BCUT2D eigenvalue weighted by atomic mass is 32.2. The van der Waals surface area contributed by atoms with Crippen molar-refractivity contribution in [3.05, 3.63) is 48.5 Å². The predicted octanol–water partition coefficient (Wildman–Crippen LogP) is 1.03. The highest BCUT2D eigenvalue weighted by molar-refractivity contribution is 7.88. The van der Waals surface area contributed by atoms with Gasteiger partial charge >= 0.3 is 0 Å². The van der Waals surface area contributed by atoms with Crippen molar-refractivity contribution >= 4 is 15.9 Å². The smallest absolute Gasteiger partial charge is 0.272 e. The average molecular weight is 348 g/mol. The molecule has 1 atom stereocenters. The summed E-state index contributed by atoms with van der Waals surface area (Å²) in [7, 11) is -3.28. The molecule has 2 heterocycles. The lowest BCUT2D eigenvalue weighted by atomic mass is 10.1. The molecule has 1 aliphatic rings. The fourth-order valence-electron chi connectivity index (χ4n) is 2.97. The number of amides is 1. The van der Waals surface area contributed by atoms with Crippen LogP contribution in [-0.2, 0) is 10.0 Å². The van der Waals surface area contributed by atoms with E-state index in [1.54, 1.807) is 22.0 Å². The van der Waals surface area contributed by atoms with Crippen molar-refractivity contribution in [3.8, 4) is 5.69 Å². The largest absolute Gasteiger partial charge is 0.336 e. The number of rotatable bonds is 4. The Hall–Kier alpha value is -2.19. The number of hydrogen-bond donors (Lipinski definition) is 1. The summed E-state index contributed by atoms with van der Waals surface area (Å²) in [5.74, 6) is -0.142. The molecule has 0 spiro atoms. The third-order valence-corrected chi connectivity index (χ3v) is 4.74. The first-order valence-corrected chi connectivity index (χ1v) is 9.67. The van der Waals surface area contributed by atoms with Gasteiger partial charge in [-0.25, -0.2) is 18.1 Å². The fraction of sp³-hybridized carbons (Fsp3) is 0.375. The van der Waals surface area contributed by atoms with Gasteiger partial charge in [-0.2, -0.15) is 0 Å². The van der Waals surface area contributed by atoms with Crippen molar-refractivity contribution in [3.63, 3.8) is 0 Å². The molecule has 24 heavy (non-hydrogen) atoms. The summed E-state index contributed by atoms with van der Waals surface area (Å²) >= 11 is 0. The summed E-state index contributed by atoms with van der Waals surface area (Å²) in [6, 6.07) is 9.28. The van der Waals surface area contributed by atoms with E-state index in [-0.39, 0.29) is 11.9 Å². The van der Waals surface area contributed by atoms with Crippen LogP contribution in [0.5, 0.6) is 0 Å². The van der Waals surface area contributed by atoms with Gasteiger partial charge in [0.15, 0.2) is 0 Å². The van der Waals surface area contributed by atoms with E-state index in [2.05, 4.69) is 9.71 Å². The SMILES string of the molecule is CS(=O)(=O)N[C@@H]1CCCN(C(=O)c2cncn2-c2ccccc2)C1. The topological polar surface area (TPSA) is 84.3 Å². The molecule has 0 radical (unpaired) electrons. The van der Waals surface area contributed by atoms with Crippen LogP contribution in [0.25, 0.3) is 5.69 Å². The van der Waals surface area contributed by atoms with Gasteiger partial charge < -0.3 is 4.90 Å². The van der Waals surface area contributed by atoms with E-state index in [1.165, 1.54) is 0 Å². The van der Waals surface area contributed by atoms with Crippen molar-refractivity contribution in [2.45, 2.75) is 18.9 Å². The molecule has 3 rings (SSSR count). The van der Waals surface area contributed by atoms with Crippen LogP contribution in [-0.4, -0.2) is 54.2 Å². The molecule has 1 N–H and O–H groups in total. The molecule has 2 aromatic rings. The maximum atomic E-state index is 12.9. The second-order valence-electron chi connectivity index (χ2n) is 5.96. The van der Waals surface area contributed by atoms with Gasteiger partial charge in [-0.15, -0.1) is 0 Å². The van der Waals surface area contributed by atoms with E-state index >= 15 is 0 Å². The molecular weight excluding hydrogens is 328 g/mol. The van der Waals surface area contributed by atoms with Crippen LogP contribution >= 0.6 is 0 Å². The Morgan fingerprint density at radius 3 is 2.75 bits per heavy atom. The lowest BCUT2D eigenvalue weighted by Gasteiger charge is -2.32. The molecule has 128 valence electrons. The first-order chi connectivity index (χ1) is 11.4. The van der Waals surface area contributed by atoms with Gasteiger partial charge in [0.1, 0.15) is 5.69 Å². The van der Waals surface area contributed by atoms with Gasteiger partial charge in [0.25, 0.3) is 5.91 Å². The summed E-state index contributed by atoms with van der Waals surface area (Å²) in [4.78, 5) is 18.6. The Morgan fingerprint density at radius 1 is 1.29 bits per heavy atom. The molecule has 0 bridgehead atoms. The van der Waals surface area contributed by atoms with Gasteiger partial charge in [0, 0.05) is 24.8 Å². The van der Waals surface area contributed by atoms with Crippen LogP contribution in [0.1, 0.15) is 23.3 Å². The number of carbonyl (C=O) groups is 1. The normalized spacial score (nSPS) is 18.5. The minimum atomic E-state index is -3.28. The number of aromatic nitrogens is 2. The van der Waals surface area contributed by atoms with Crippen LogP contribution in [0.15, 0.2) is 42.9 Å². The second-order valence-corrected chi connectivity index (χ2v) is 7.74. The van der Waals surface area contributed by atoms with Crippen molar-refractivity contribution in [1.29, 1.82) is 0 Å². The summed E-state index contributed by atoms with van der Waals surface area (Å²) < 4.78 is 27.2. The molecule has 1 aromatic carbocycles. The van der Waals surface area contributed by atoms with Crippen LogP contribution < -0.4 is 4.72 Å². The second kappa shape index (κ2) is 6.74. The van der Waals surface area contributed by atoms with Crippen LogP contribution in [0, 0.1) is 0 Å². The number of imidazole rings is 1. The minimum absolute atomic E-state index is 0.142. The van der Waals surface area contributed by atoms with E-state index in [0.717, 1.165) is 24.8 Å². The van der Waals surface area contributed by atoms with E-state index in [9.17, 15) is 13.2 Å². The van der Waals surface area contributed by atoms with E-state index in [1.807, 2.05) is 30.3 Å². The third-order valence-electron chi connectivity index (χ3n) is 3.98. The van der Waals surface area contributed by atoms with Crippen molar-refractivity contribution < 1.29 is 13.2 Å². The number of sulfonamides is 1. The van der Waals surface area contributed by atoms with E-state index in [0.29, 0.717) is 18.8 Å². The van der Waals surface area contributed by atoms with Crippen molar-refractivity contribution in [1.82, 2.24) is 19.2 Å². The standard InChI is InChI=1S/C16H20N4O3S/c1-24(22,23)18-13-6-5-9-19(11-13)16(21)15-10-17-12-20(15)14-7-3-2-4-8-14/h2-4,7-8,10,12-13,18H,5-6,9,11H2,1H3/t13-/m1/s1. The molecule has 1 fully saturated rings. The molecule has 1 saturated heterocycles. The lowest BCUT2D eigenvalue weighted by molar-refractivity contribution is 0.0695. The molecule has 1 aromatic heterocycles. The molecule has 1 aliphatic heterocycles. The van der Waals surface area contributed by atoms with Gasteiger partial charge in [-0.1, -0.05) is 18.2 Å². The van der Waals surface area contributed by atoms with Crippen molar-refractivity contribution in [2.24, 2.45) is 0 Å². The predicted molar refractivity (Wildman–Crippen MR) is 90.5 cm³/mol. The molecule has 1 amide bonds. The quantitative estimate of drug-likeness (QED) is 0.894. The number of benzene rings is 1. The lowest BCUT2D eigenvalue weighted by Crippen LogP contribution is -2.49. The van der Waals surface area contributed by atoms with Gasteiger partial charge in [0.05, 0.1) is 18.8 Å². The summed E-state index contributed by atoms with van der Waals surface area (Å²) in [5.41, 5.74) is 1.34. The number of nitrogens with zero attached hydrogens (tertiary/aromatic N) is 3. The minimum Gasteiger partial charge on any atom is -0.336 e. The Balaban J connectivity index is 1.79. The molecule has 0 unspecified atom stereocenters. The number of nitrogens with one attached hydrogen (secondary N) is 1. The van der Waals surface area contributed by atoms with Gasteiger partial charge in [0.2, 0.25) is 10.0 Å². The summed E-state index contributed by atoms with van der Waals surface area (Å²) in [6.45, 7) is 0.979. The molecule has 0 aliphatic carbocycles. The van der Waals surface area contributed by atoms with Gasteiger partial charge in [-0.05, 0) is 25.0 Å². The Morgan fingerprint density at radius 2 is 2.04 bits per heavy atom. The zero-order valence-corrected chi connectivity index (χ0v) is 14.2. The first-order valence-electron chi connectivity index (χ1n) is 7.78. The van der Waals surface area contributed by atoms with E-state index in [4.69, 9.17) is 0 Å². The number of likely N-dealkylation sites (tertiary alicyclic amines) is 1. The maximum absolute atomic E-state index is 12.9. The number of piperidine rings is 1. The molecular formula is C16H20N4O3S. The summed E-state index contributed by atoms with van der Waals surface area (Å²) in [6.07, 6.45) is 5.78. The monoisotopic (exact) mass is 348 g/mol. The zero-order valence-electron chi connectivity index (χ0n) is 13.4. The van der Waals surface area contributed by atoms with Gasteiger partial charge in [-0.3, -0.25) is 9.36 Å². The van der Waals surface area contributed by atoms with E-state index < -0.39 is 10.0 Å². The number of hydrogen-bond acceptors (Lipinski definition) is 4. The number of carbonyl (C=O) groups excluding carboxylic acids is 1. The summed E-state index contributed by atoms with van der Waals surface area (Å²) in [5, 5.41) is 0. The number of para-hydroxylation sites is 1. The molecule has 0 saturated carbocycles. The first kappa shape index (κ1) is 16.7. The Bertz CT molecular complexity index is 817. The molecule has 7 nitrogen and oxygen atoms in total. The highest BCUT2D eigenvalue weighted by Gasteiger charge is 2.27. The third kappa shape index (κ3) is 3.82. The average Bonchev–Trinajstić information content (AvgIpc) is 3.03. The fourth-order valence-corrected chi connectivity index (χ4v) is 3.77. The Labute approximate surface area is 141 Å². The molecule has 8 heteroatoms. The zero-order chi connectivity index (χ0) is 17.2. The highest BCUT2D eigenvalue weighted by Crippen LogP contribution is 2.17. The Kier molecular flexibility index (Phi) is 4.68. The maximum Gasteiger partial charge on any atom is 0.272 e. The van der Waals surface area contributed by atoms with Crippen LogP contribution in [0.2, 0.25) is 0 Å². The van der Waals surface area contributed by atoms with Crippen molar-refractivity contribution in [2.75, 3.05) is 19.3 Å². The van der Waals surface area contributed by atoms with Crippen LogP contribution in [0.4, 0.5) is 0 Å². The van der Waals surface area contributed by atoms with Crippen LogP contribution in [0.3, 0.4) is 0 Å².